The minimum absolute atomic E-state index is 0.167. The molecular weight excluding hydrogens is 328 g/mol. The molecule has 0 radical (unpaired) electrons. The van der Waals surface area contributed by atoms with Crippen molar-refractivity contribution >= 4 is 16.1 Å². The molecule has 0 aromatic heterocycles. The summed E-state index contributed by atoms with van der Waals surface area (Å²) in [4.78, 5) is 12.3. The van der Waals surface area contributed by atoms with Gasteiger partial charge in [-0.25, -0.2) is 4.79 Å². The average Bonchev–Trinajstić information content (AvgIpc) is 2.51. The van der Waals surface area contributed by atoms with Crippen LogP contribution in [-0.4, -0.2) is 24.5 Å². The Hall–Kier alpha value is -1.40. The SMILES string of the molecule is CC1(OC(=O)c2cccc(S(=O)(=O)O)c2)C2CC3CC(C2)CC1C3. The van der Waals surface area contributed by atoms with E-state index in [0.29, 0.717) is 11.8 Å². The third kappa shape index (κ3) is 2.56. The van der Waals surface area contributed by atoms with Crippen LogP contribution in [0.25, 0.3) is 0 Å². The molecule has 0 saturated heterocycles. The number of rotatable bonds is 3. The molecule has 0 aliphatic heterocycles. The summed E-state index contributed by atoms with van der Waals surface area (Å²) in [6.07, 6.45) is 5.83. The molecule has 0 spiro atoms. The molecule has 1 aromatic carbocycles. The van der Waals surface area contributed by atoms with Crippen molar-refractivity contribution in [3.05, 3.63) is 29.8 Å². The van der Waals surface area contributed by atoms with E-state index in [2.05, 4.69) is 0 Å². The summed E-state index contributed by atoms with van der Waals surface area (Å²) in [6, 6.07) is 5.41. The van der Waals surface area contributed by atoms with Crippen molar-refractivity contribution in [2.24, 2.45) is 23.7 Å². The molecule has 1 aromatic rings. The molecule has 4 aliphatic rings. The van der Waals surface area contributed by atoms with Crippen molar-refractivity contribution in [3.63, 3.8) is 0 Å². The van der Waals surface area contributed by atoms with Crippen LogP contribution in [0.15, 0.2) is 29.2 Å². The summed E-state index contributed by atoms with van der Waals surface area (Å²) in [6.45, 7) is 2.05. The second-order valence-electron chi connectivity index (χ2n) is 7.88. The minimum Gasteiger partial charge on any atom is -0.455 e. The molecule has 4 aliphatic carbocycles. The van der Waals surface area contributed by atoms with Crippen LogP contribution >= 0.6 is 0 Å². The lowest BCUT2D eigenvalue weighted by atomic mass is 9.50. The summed E-state index contributed by atoms with van der Waals surface area (Å²) in [5.74, 6) is 1.87. The molecule has 1 N–H and O–H groups in total. The third-order valence-electron chi connectivity index (χ3n) is 6.44. The topological polar surface area (TPSA) is 80.7 Å². The van der Waals surface area contributed by atoms with Crippen LogP contribution in [0, 0.1) is 23.7 Å². The summed E-state index contributed by atoms with van der Waals surface area (Å²) in [7, 11) is -4.33. The number of hydrogen-bond acceptors (Lipinski definition) is 4. The Morgan fingerprint density at radius 1 is 1.12 bits per heavy atom. The van der Waals surface area contributed by atoms with Crippen LogP contribution in [0.1, 0.15) is 49.4 Å². The molecule has 0 amide bonds. The van der Waals surface area contributed by atoms with Crippen LogP contribution in [0.3, 0.4) is 0 Å². The largest absolute Gasteiger partial charge is 0.455 e. The number of ether oxygens (including phenoxy) is 1. The van der Waals surface area contributed by atoms with Crippen LogP contribution in [-0.2, 0) is 14.9 Å². The van der Waals surface area contributed by atoms with Gasteiger partial charge in [-0.2, -0.15) is 8.42 Å². The van der Waals surface area contributed by atoms with Crippen molar-refractivity contribution in [3.8, 4) is 0 Å². The minimum atomic E-state index is -4.33. The van der Waals surface area contributed by atoms with Gasteiger partial charge in [0.15, 0.2) is 0 Å². The van der Waals surface area contributed by atoms with Crippen molar-refractivity contribution in [1.82, 2.24) is 0 Å². The van der Waals surface area contributed by atoms with Gasteiger partial charge in [0.2, 0.25) is 0 Å². The predicted molar refractivity (Wildman–Crippen MR) is 87.1 cm³/mol. The highest BCUT2D eigenvalue weighted by Gasteiger charge is 2.57. The lowest BCUT2D eigenvalue weighted by molar-refractivity contribution is -0.165. The summed E-state index contributed by atoms with van der Waals surface area (Å²) < 4.78 is 37.6. The Balaban J connectivity index is 1.58. The van der Waals surface area contributed by atoms with E-state index in [1.165, 1.54) is 30.7 Å². The maximum absolute atomic E-state index is 12.6. The Labute approximate surface area is 142 Å². The molecule has 4 bridgehead atoms. The third-order valence-corrected chi connectivity index (χ3v) is 7.29. The van der Waals surface area contributed by atoms with Crippen molar-refractivity contribution < 1.29 is 22.5 Å². The van der Waals surface area contributed by atoms with Gasteiger partial charge in [-0.05, 0) is 80.9 Å². The van der Waals surface area contributed by atoms with E-state index in [4.69, 9.17) is 9.29 Å². The van der Waals surface area contributed by atoms with E-state index in [0.717, 1.165) is 37.5 Å². The van der Waals surface area contributed by atoms with Gasteiger partial charge in [0.1, 0.15) is 5.60 Å². The molecule has 0 heterocycles. The van der Waals surface area contributed by atoms with E-state index < -0.39 is 21.7 Å². The standard InChI is InChI=1S/C18H22O5S/c1-18(14-6-11-5-12(8-14)9-15(18)7-11)23-17(19)13-3-2-4-16(10-13)24(20,21)22/h2-4,10-12,14-15H,5-9H2,1H3,(H,20,21,22). The first-order chi connectivity index (χ1) is 11.3. The smallest absolute Gasteiger partial charge is 0.338 e. The van der Waals surface area contributed by atoms with E-state index in [-0.39, 0.29) is 10.5 Å². The van der Waals surface area contributed by atoms with Gasteiger partial charge in [-0.1, -0.05) is 6.07 Å². The Bertz CT molecular complexity index is 754. The average molecular weight is 350 g/mol. The normalized spacial score (nSPS) is 37.4. The van der Waals surface area contributed by atoms with Gasteiger partial charge in [0.25, 0.3) is 10.1 Å². The first-order valence-electron chi connectivity index (χ1n) is 8.56. The number of esters is 1. The molecule has 5 nitrogen and oxygen atoms in total. The summed E-state index contributed by atoms with van der Waals surface area (Å²) in [5, 5.41) is 0. The molecule has 4 saturated carbocycles. The molecule has 4 fully saturated rings. The van der Waals surface area contributed by atoms with Crippen molar-refractivity contribution in [2.45, 2.75) is 49.5 Å². The van der Waals surface area contributed by atoms with E-state index in [1.807, 2.05) is 6.92 Å². The zero-order chi connectivity index (χ0) is 17.1. The zero-order valence-corrected chi connectivity index (χ0v) is 14.5. The fraction of sp³-hybridized carbons (Fsp3) is 0.611. The lowest BCUT2D eigenvalue weighted by Crippen LogP contribution is -2.58. The first-order valence-corrected chi connectivity index (χ1v) is 10.0. The first kappa shape index (κ1) is 16.1. The fourth-order valence-corrected chi connectivity index (χ4v) is 5.86. The van der Waals surface area contributed by atoms with Gasteiger partial charge >= 0.3 is 5.97 Å². The number of carbonyl (C=O) groups is 1. The predicted octanol–water partition coefficient (Wildman–Crippen LogP) is 3.30. The van der Waals surface area contributed by atoms with Crippen LogP contribution in [0.2, 0.25) is 0 Å². The van der Waals surface area contributed by atoms with Crippen LogP contribution in [0.4, 0.5) is 0 Å². The van der Waals surface area contributed by atoms with E-state index >= 15 is 0 Å². The second kappa shape index (κ2) is 5.30. The molecular formula is C18H22O5S. The zero-order valence-electron chi connectivity index (χ0n) is 13.6. The molecule has 0 unspecified atom stereocenters. The van der Waals surface area contributed by atoms with Gasteiger partial charge in [0, 0.05) is 0 Å². The van der Waals surface area contributed by atoms with Gasteiger partial charge in [-0.15, -0.1) is 0 Å². The number of benzene rings is 1. The van der Waals surface area contributed by atoms with E-state index in [9.17, 15) is 13.2 Å². The Kier molecular flexibility index (Phi) is 3.55. The van der Waals surface area contributed by atoms with Crippen molar-refractivity contribution in [2.75, 3.05) is 0 Å². The monoisotopic (exact) mass is 350 g/mol. The van der Waals surface area contributed by atoms with Crippen LogP contribution in [0.5, 0.6) is 0 Å². The highest BCUT2D eigenvalue weighted by atomic mass is 32.2. The Morgan fingerprint density at radius 2 is 1.71 bits per heavy atom. The van der Waals surface area contributed by atoms with Gasteiger partial charge < -0.3 is 4.74 Å². The van der Waals surface area contributed by atoms with Crippen LogP contribution < -0.4 is 0 Å². The molecule has 24 heavy (non-hydrogen) atoms. The van der Waals surface area contributed by atoms with Gasteiger partial charge in [-0.3, -0.25) is 4.55 Å². The summed E-state index contributed by atoms with van der Waals surface area (Å²) >= 11 is 0. The quantitative estimate of drug-likeness (QED) is 0.668. The fourth-order valence-electron chi connectivity index (χ4n) is 5.33. The van der Waals surface area contributed by atoms with E-state index in [1.54, 1.807) is 0 Å². The highest BCUT2D eigenvalue weighted by Crippen LogP contribution is 2.59. The molecule has 0 atom stereocenters. The second-order valence-corrected chi connectivity index (χ2v) is 9.30. The van der Waals surface area contributed by atoms with Crippen molar-refractivity contribution in [1.29, 1.82) is 0 Å². The lowest BCUT2D eigenvalue weighted by Gasteiger charge is -2.59. The summed E-state index contributed by atoms with van der Waals surface area (Å²) in [5.41, 5.74) is -0.293. The molecule has 6 heteroatoms. The Morgan fingerprint density at radius 3 is 2.25 bits per heavy atom. The number of carbonyl (C=O) groups excluding carboxylic acids is 1. The molecule has 130 valence electrons. The maximum atomic E-state index is 12.6. The highest BCUT2D eigenvalue weighted by molar-refractivity contribution is 7.85. The molecule has 5 rings (SSSR count). The number of hydrogen-bond donors (Lipinski definition) is 1. The maximum Gasteiger partial charge on any atom is 0.338 e. The van der Waals surface area contributed by atoms with Gasteiger partial charge in [0.05, 0.1) is 10.5 Å².